The lowest BCUT2D eigenvalue weighted by atomic mass is 9.68. The summed E-state index contributed by atoms with van der Waals surface area (Å²) < 4.78 is 20.3. The zero-order valence-electron chi connectivity index (χ0n) is 25.0. The minimum absolute atomic E-state index is 0.0130. The van der Waals surface area contributed by atoms with Crippen molar-refractivity contribution in [1.29, 1.82) is 0 Å². The second-order valence-electron chi connectivity index (χ2n) is 12.6. The molecule has 2 bridgehead atoms. The molecular formula is C35H30FN3O5S2. The first-order chi connectivity index (χ1) is 22.2. The normalized spacial score (nSPS) is 27.4. The molecule has 7 atom stereocenters. The quantitative estimate of drug-likeness (QED) is 0.269. The Kier molecular flexibility index (Phi) is 6.95. The zero-order valence-corrected chi connectivity index (χ0v) is 26.6. The summed E-state index contributed by atoms with van der Waals surface area (Å²) in [5.41, 5.74) is 3.11. The van der Waals surface area contributed by atoms with Crippen LogP contribution in [0.15, 0.2) is 82.6 Å². The predicted molar refractivity (Wildman–Crippen MR) is 174 cm³/mol. The van der Waals surface area contributed by atoms with Crippen molar-refractivity contribution in [1.82, 2.24) is 4.57 Å². The van der Waals surface area contributed by atoms with Crippen LogP contribution in [0.5, 0.6) is 5.75 Å². The van der Waals surface area contributed by atoms with Gasteiger partial charge in [0.25, 0.3) is 0 Å². The summed E-state index contributed by atoms with van der Waals surface area (Å²) in [6, 6.07) is 20.8. The number of rotatable bonds is 6. The van der Waals surface area contributed by atoms with Crippen LogP contribution >= 0.6 is 23.1 Å². The second-order valence-corrected chi connectivity index (χ2v) is 14.7. The van der Waals surface area contributed by atoms with Crippen molar-refractivity contribution in [2.75, 3.05) is 17.3 Å². The fourth-order valence-electron chi connectivity index (χ4n) is 8.26. The van der Waals surface area contributed by atoms with Gasteiger partial charge in [0.15, 0.2) is 0 Å². The molecule has 3 amide bonds. The third kappa shape index (κ3) is 4.46. The van der Waals surface area contributed by atoms with E-state index in [1.807, 2.05) is 55.5 Å². The lowest BCUT2D eigenvalue weighted by molar-refractivity contribution is -0.123. The molecule has 3 aromatic carbocycles. The molecule has 234 valence electrons. The molecule has 8 nitrogen and oxygen atoms in total. The number of thioether (sulfide) groups is 1. The van der Waals surface area contributed by atoms with Gasteiger partial charge in [-0.3, -0.25) is 28.6 Å². The summed E-state index contributed by atoms with van der Waals surface area (Å²) in [6.45, 7) is 1.78. The van der Waals surface area contributed by atoms with Crippen molar-refractivity contribution in [3.05, 3.63) is 104 Å². The number of methoxy groups -OCH3 is 1. The predicted octanol–water partition coefficient (Wildman–Crippen LogP) is 5.68. The van der Waals surface area contributed by atoms with Gasteiger partial charge < -0.3 is 10.1 Å². The number of hydrogen-bond acceptors (Lipinski definition) is 7. The molecule has 0 spiro atoms. The number of carbonyl (C=O) groups excluding carboxylic acids is 3. The Balaban J connectivity index is 1.17. The van der Waals surface area contributed by atoms with Gasteiger partial charge in [0, 0.05) is 21.7 Å². The van der Waals surface area contributed by atoms with Crippen LogP contribution in [-0.4, -0.2) is 34.6 Å². The number of hydrogen-bond donors (Lipinski definition) is 1. The molecule has 11 heteroatoms. The van der Waals surface area contributed by atoms with Crippen molar-refractivity contribution in [2.24, 2.45) is 29.6 Å². The van der Waals surface area contributed by atoms with E-state index in [4.69, 9.17) is 4.74 Å². The first-order valence-electron chi connectivity index (χ1n) is 15.3. The van der Waals surface area contributed by atoms with Gasteiger partial charge in [-0.05, 0) is 85.2 Å². The van der Waals surface area contributed by atoms with Crippen molar-refractivity contribution < 1.29 is 23.5 Å². The Morgan fingerprint density at radius 2 is 1.61 bits per heavy atom. The van der Waals surface area contributed by atoms with Crippen molar-refractivity contribution in [3.63, 3.8) is 0 Å². The van der Waals surface area contributed by atoms with Gasteiger partial charge in [0.2, 0.25) is 17.7 Å². The van der Waals surface area contributed by atoms with Gasteiger partial charge in [-0.1, -0.05) is 41.2 Å². The van der Waals surface area contributed by atoms with Gasteiger partial charge >= 0.3 is 4.87 Å². The minimum atomic E-state index is -0.411. The number of imide groups is 1. The third-order valence-electron chi connectivity index (χ3n) is 10.1. The molecule has 2 saturated carbocycles. The Labute approximate surface area is 272 Å². The van der Waals surface area contributed by atoms with E-state index in [1.54, 1.807) is 18.9 Å². The third-order valence-corrected chi connectivity index (χ3v) is 12.9. The number of aromatic nitrogens is 1. The summed E-state index contributed by atoms with van der Waals surface area (Å²) >= 11 is 2.73. The summed E-state index contributed by atoms with van der Waals surface area (Å²) in [5.74, 6) is -1.37. The zero-order chi connectivity index (χ0) is 31.9. The van der Waals surface area contributed by atoms with Gasteiger partial charge in [-0.25, -0.2) is 4.39 Å². The maximum absolute atomic E-state index is 14.0. The average Bonchev–Trinajstić information content (AvgIpc) is 3.77. The van der Waals surface area contributed by atoms with Crippen molar-refractivity contribution in [3.8, 4) is 5.75 Å². The van der Waals surface area contributed by atoms with E-state index in [0.29, 0.717) is 17.1 Å². The fraction of sp³-hybridized carbons (Fsp3) is 0.314. The maximum Gasteiger partial charge on any atom is 0.308 e. The molecule has 2 aliphatic carbocycles. The highest BCUT2D eigenvalue weighted by atomic mass is 32.2. The van der Waals surface area contributed by atoms with Crippen LogP contribution in [0.25, 0.3) is 0 Å². The largest absolute Gasteiger partial charge is 0.497 e. The van der Waals surface area contributed by atoms with E-state index < -0.39 is 23.6 Å². The van der Waals surface area contributed by atoms with Crippen LogP contribution in [0.2, 0.25) is 0 Å². The number of nitrogens with zero attached hydrogens (tertiary/aromatic N) is 2. The Bertz CT molecular complexity index is 1940. The minimum Gasteiger partial charge on any atom is -0.497 e. The first kappa shape index (κ1) is 29.2. The number of aryl methyl sites for hydroxylation is 1. The molecule has 4 aliphatic rings. The lowest BCUT2D eigenvalue weighted by Gasteiger charge is -2.43. The number of nitrogens with one attached hydrogen (secondary N) is 1. The van der Waals surface area contributed by atoms with E-state index in [9.17, 15) is 23.6 Å². The monoisotopic (exact) mass is 655 g/mol. The average molecular weight is 656 g/mol. The Morgan fingerprint density at radius 1 is 0.935 bits per heavy atom. The Hall–Kier alpha value is -4.22. The molecular weight excluding hydrogens is 626 g/mol. The molecule has 4 aromatic rings. The van der Waals surface area contributed by atoms with E-state index in [-0.39, 0.29) is 52.2 Å². The molecule has 46 heavy (non-hydrogen) atoms. The maximum atomic E-state index is 14.0. The van der Waals surface area contributed by atoms with E-state index in [1.165, 1.54) is 33.7 Å². The van der Waals surface area contributed by atoms with E-state index in [0.717, 1.165) is 38.8 Å². The van der Waals surface area contributed by atoms with Crippen molar-refractivity contribution in [2.45, 2.75) is 36.1 Å². The standard InChI is InChI=1S/C35H30FN3O5S2/c1-17-3-11-21(12-4-17)39-32(41)28-23-15-24(29(28)33(39)42)30-27(23)26(18-5-13-22(44-2)14-6-18)31-34(45-30)38(35(43)46-31)16-25(40)37-20-9-7-19(36)8-10-20/h3-14,23-24,26-30H,15-16H2,1-2H3,(H,37,40). The number of ether oxygens (including phenoxy) is 1. The molecule has 8 rings (SSSR count). The van der Waals surface area contributed by atoms with Crippen LogP contribution in [0.3, 0.4) is 0 Å². The molecule has 1 saturated heterocycles. The lowest BCUT2D eigenvalue weighted by Crippen LogP contribution is -2.43. The molecule has 3 fully saturated rings. The number of anilines is 2. The highest BCUT2D eigenvalue weighted by molar-refractivity contribution is 8.00. The van der Waals surface area contributed by atoms with Gasteiger partial charge in [0.1, 0.15) is 18.1 Å². The number of halogens is 1. The molecule has 0 radical (unpaired) electrons. The fourth-order valence-corrected chi connectivity index (χ4v) is 11.4. The van der Waals surface area contributed by atoms with Crippen LogP contribution in [0.4, 0.5) is 15.8 Å². The van der Waals surface area contributed by atoms with Gasteiger partial charge in [-0.2, -0.15) is 0 Å². The first-order valence-corrected chi connectivity index (χ1v) is 17.0. The van der Waals surface area contributed by atoms with E-state index >= 15 is 0 Å². The number of benzene rings is 3. The second kappa shape index (κ2) is 10.9. The van der Waals surface area contributed by atoms with Crippen LogP contribution in [-0.2, 0) is 20.9 Å². The molecule has 3 heterocycles. The smallest absolute Gasteiger partial charge is 0.308 e. The molecule has 7 unspecified atom stereocenters. The summed E-state index contributed by atoms with van der Waals surface area (Å²) in [4.78, 5) is 56.7. The topological polar surface area (TPSA) is 97.7 Å². The highest BCUT2D eigenvalue weighted by Crippen LogP contribution is 2.69. The molecule has 1 N–H and O–H groups in total. The Morgan fingerprint density at radius 3 is 2.28 bits per heavy atom. The summed E-state index contributed by atoms with van der Waals surface area (Å²) in [7, 11) is 1.61. The number of amides is 3. The molecule has 1 aromatic heterocycles. The number of carbonyl (C=O) groups is 3. The van der Waals surface area contributed by atoms with Crippen LogP contribution < -0.4 is 19.8 Å². The van der Waals surface area contributed by atoms with E-state index in [2.05, 4.69) is 5.32 Å². The van der Waals surface area contributed by atoms with Crippen LogP contribution in [0, 0.1) is 42.3 Å². The van der Waals surface area contributed by atoms with Crippen LogP contribution in [0.1, 0.15) is 28.3 Å². The van der Waals surface area contributed by atoms with Gasteiger partial charge in [-0.15, -0.1) is 11.8 Å². The SMILES string of the molecule is COc1ccc(C2c3sc(=O)n(CC(=O)Nc4ccc(F)cc4)c3SC3C4CC(C5C(=O)N(c6ccc(C)cc6)C(=O)C45)C23)cc1. The number of fused-ring (bicyclic) bond motifs is 9. The number of thiazole rings is 1. The molecule has 2 aliphatic heterocycles. The van der Waals surface area contributed by atoms with Crippen molar-refractivity contribution >= 4 is 52.2 Å². The highest BCUT2D eigenvalue weighted by Gasteiger charge is 2.69. The van der Waals surface area contributed by atoms with Gasteiger partial charge in [0.05, 0.1) is 29.7 Å². The summed E-state index contributed by atoms with van der Waals surface area (Å²) in [6.07, 6.45) is 0.772. The summed E-state index contributed by atoms with van der Waals surface area (Å²) in [5, 5.41) is 3.49.